The maximum absolute atomic E-state index is 6.45. The first kappa shape index (κ1) is 17.5. The van der Waals surface area contributed by atoms with Gasteiger partial charge in [0.25, 0.3) is 0 Å². The van der Waals surface area contributed by atoms with E-state index in [0.717, 1.165) is 61.9 Å². The predicted octanol–water partition coefficient (Wildman–Crippen LogP) is 3.07. The summed E-state index contributed by atoms with van der Waals surface area (Å²) < 4.78 is 7.60. The van der Waals surface area contributed by atoms with Gasteiger partial charge in [0.2, 0.25) is 0 Å². The van der Waals surface area contributed by atoms with Gasteiger partial charge in [-0.15, -0.1) is 0 Å². The summed E-state index contributed by atoms with van der Waals surface area (Å²) in [4.78, 5) is 0. The van der Waals surface area contributed by atoms with E-state index in [0.29, 0.717) is 6.04 Å². The molecule has 1 N–H and O–H groups in total. The van der Waals surface area contributed by atoms with Crippen LogP contribution in [0.2, 0.25) is 5.02 Å². The summed E-state index contributed by atoms with van der Waals surface area (Å²) in [5.74, 6) is 0. The SMILES string of the molecule is CCCOCCC(Cc1c(Cl)c(CC)nn1CC)NC. The van der Waals surface area contributed by atoms with Gasteiger partial charge in [0.15, 0.2) is 0 Å². The van der Waals surface area contributed by atoms with E-state index in [1.165, 1.54) is 0 Å². The number of aryl methyl sites for hydroxylation is 2. The van der Waals surface area contributed by atoms with Gasteiger partial charge in [-0.2, -0.15) is 5.10 Å². The first-order valence-corrected chi connectivity index (χ1v) is 8.04. The van der Waals surface area contributed by atoms with Crippen LogP contribution < -0.4 is 5.32 Å². The summed E-state index contributed by atoms with van der Waals surface area (Å²) in [5.41, 5.74) is 2.14. The number of nitrogens with zero attached hydrogens (tertiary/aromatic N) is 2. The Morgan fingerprint density at radius 3 is 2.60 bits per heavy atom. The van der Waals surface area contributed by atoms with Crippen molar-refractivity contribution in [1.29, 1.82) is 0 Å². The Morgan fingerprint density at radius 2 is 2.05 bits per heavy atom. The molecule has 0 aliphatic rings. The minimum absolute atomic E-state index is 0.371. The maximum Gasteiger partial charge on any atom is 0.0850 e. The van der Waals surface area contributed by atoms with Crippen LogP contribution in [-0.2, 0) is 24.1 Å². The molecule has 4 nitrogen and oxygen atoms in total. The second kappa shape index (κ2) is 9.37. The van der Waals surface area contributed by atoms with E-state index in [9.17, 15) is 0 Å². The van der Waals surface area contributed by atoms with E-state index in [-0.39, 0.29) is 0 Å². The lowest BCUT2D eigenvalue weighted by Gasteiger charge is -2.17. The van der Waals surface area contributed by atoms with Gasteiger partial charge < -0.3 is 10.1 Å². The van der Waals surface area contributed by atoms with Crippen molar-refractivity contribution >= 4 is 11.6 Å². The number of likely N-dealkylation sites (N-methyl/N-ethyl adjacent to an activating group) is 1. The average Bonchev–Trinajstić information content (AvgIpc) is 2.78. The van der Waals surface area contributed by atoms with Crippen molar-refractivity contribution < 1.29 is 4.74 Å². The minimum Gasteiger partial charge on any atom is -0.381 e. The van der Waals surface area contributed by atoms with Gasteiger partial charge in [-0.3, -0.25) is 4.68 Å². The predicted molar refractivity (Wildman–Crippen MR) is 84.6 cm³/mol. The lowest BCUT2D eigenvalue weighted by molar-refractivity contribution is 0.125. The van der Waals surface area contributed by atoms with E-state index in [1.54, 1.807) is 0 Å². The number of nitrogens with one attached hydrogen (secondary N) is 1. The van der Waals surface area contributed by atoms with Gasteiger partial charge in [0, 0.05) is 32.2 Å². The third-order valence-electron chi connectivity index (χ3n) is 3.50. The summed E-state index contributed by atoms with van der Waals surface area (Å²) in [7, 11) is 1.99. The van der Waals surface area contributed by atoms with Crippen LogP contribution >= 0.6 is 11.6 Å². The van der Waals surface area contributed by atoms with Gasteiger partial charge in [0.05, 0.1) is 16.4 Å². The Bertz CT molecular complexity index is 393. The zero-order chi connectivity index (χ0) is 15.0. The topological polar surface area (TPSA) is 39.1 Å². The fourth-order valence-corrected chi connectivity index (χ4v) is 2.61. The molecule has 0 spiro atoms. The molecule has 0 saturated carbocycles. The van der Waals surface area contributed by atoms with Crippen molar-refractivity contribution in [2.75, 3.05) is 20.3 Å². The summed E-state index contributed by atoms with van der Waals surface area (Å²) >= 11 is 6.45. The van der Waals surface area contributed by atoms with Crippen molar-refractivity contribution in [1.82, 2.24) is 15.1 Å². The number of ether oxygens (including phenoxy) is 1. The molecule has 1 heterocycles. The Hall–Kier alpha value is -0.580. The highest BCUT2D eigenvalue weighted by Gasteiger charge is 2.18. The quantitative estimate of drug-likeness (QED) is 0.675. The third-order valence-corrected chi connectivity index (χ3v) is 3.94. The molecule has 1 aromatic heterocycles. The van der Waals surface area contributed by atoms with Crippen molar-refractivity contribution in [2.45, 2.75) is 59.0 Å². The monoisotopic (exact) mass is 301 g/mol. The van der Waals surface area contributed by atoms with Gasteiger partial charge in [0.1, 0.15) is 0 Å². The molecule has 0 fully saturated rings. The van der Waals surface area contributed by atoms with Crippen molar-refractivity contribution in [3.05, 3.63) is 16.4 Å². The van der Waals surface area contributed by atoms with Crippen LogP contribution in [0.4, 0.5) is 0 Å². The molecule has 0 saturated heterocycles. The highest BCUT2D eigenvalue weighted by atomic mass is 35.5. The molecule has 116 valence electrons. The number of rotatable bonds is 10. The zero-order valence-corrected chi connectivity index (χ0v) is 14.0. The van der Waals surface area contributed by atoms with E-state index in [4.69, 9.17) is 16.3 Å². The van der Waals surface area contributed by atoms with Gasteiger partial charge in [-0.05, 0) is 33.2 Å². The van der Waals surface area contributed by atoms with E-state index >= 15 is 0 Å². The number of hydrogen-bond donors (Lipinski definition) is 1. The highest BCUT2D eigenvalue weighted by Crippen LogP contribution is 2.23. The summed E-state index contributed by atoms with van der Waals surface area (Å²) in [6, 6.07) is 0.371. The molecule has 5 heteroatoms. The maximum atomic E-state index is 6.45. The van der Waals surface area contributed by atoms with Crippen molar-refractivity contribution in [3.8, 4) is 0 Å². The lowest BCUT2D eigenvalue weighted by atomic mass is 10.1. The summed E-state index contributed by atoms with van der Waals surface area (Å²) in [5, 5.41) is 8.76. The summed E-state index contributed by atoms with van der Waals surface area (Å²) in [6.07, 6.45) is 3.83. The van der Waals surface area contributed by atoms with Crippen LogP contribution in [0.1, 0.15) is 45.0 Å². The molecule has 0 aliphatic heterocycles. The van der Waals surface area contributed by atoms with Crippen LogP contribution in [0.3, 0.4) is 0 Å². The van der Waals surface area contributed by atoms with Crippen LogP contribution in [0.5, 0.6) is 0 Å². The van der Waals surface area contributed by atoms with Crippen molar-refractivity contribution in [3.63, 3.8) is 0 Å². The second-order valence-corrected chi connectivity index (χ2v) is 5.35. The molecule has 20 heavy (non-hydrogen) atoms. The molecule has 0 bridgehead atoms. The molecule has 0 amide bonds. The van der Waals surface area contributed by atoms with Crippen LogP contribution in [0.15, 0.2) is 0 Å². The standard InChI is InChI=1S/C15H28ClN3O/c1-5-9-20-10-8-12(17-4)11-14-15(16)13(6-2)18-19(14)7-3/h12,17H,5-11H2,1-4H3. The van der Waals surface area contributed by atoms with Gasteiger partial charge in [-0.25, -0.2) is 0 Å². The Morgan fingerprint density at radius 1 is 1.30 bits per heavy atom. The normalized spacial score (nSPS) is 12.8. The molecular formula is C15H28ClN3O. The molecule has 1 unspecified atom stereocenters. The molecule has 0 aromatic carbocycles. The molecule has 1 atom stereocenters. The summed E-state index contributed by atoms with van der Waals surface area (Å²) in [6.45, 7) is 8.80. The Labute approximate surface area is 127 Å². The first-order valence-electron chi connectivity index (χ1n) is 7.66. The fraction of sp³-hybridized carbons (Fsp3) is 0.800. The van der Waals surface area contributed by atoms with Gasteiger partial charge >= 0.3 is 0 Å². The number of hydrogen-bond acceptors (Lipinski definition) is 3. The molecule has 1 rings (SSSR count). The number of halogens is 1. The smallest absolute Gasteiger partial charge is 0.0850 e. The minimum atomic E-state index is 0.371. The second-order valence-electron chi connectivity index (χ2n) is 4.97. The van der Waals surface area contributed by atoms with Crippen LogP contribution in [-0.4, -0.2) is 36.1 Å². The molecule has 0 radical (unpaired) electrons. The van der Waals surface area contributed by atoms with Crippen LogP contribution in [0.25, 0.3) is 0 Å². The zero-order valence-electron chi connectivity index (χ0n) is 13.2. The van der Waals surface area contributed by atoms with E-state index in [2.05, 4.69) is 31.2 Å². The largest absolute Gasteiger partial charge is 0.381 e. The Kier molecular flexibility index (Phi) is 8.19. The number of aromatic nitrogens is 2. The van der Waals surface area contributed by atoms with E-state index < -0.39 is 0 Å². The average molecular weight is 302 g/mol. The first-order chi connectivity index (χ1) is 9.67. The molecule has 0 aliphatic carbocycles. The highest BCUT2D eigenvalue weighted by molar-refractivity contribution is 6.31. The third kappa shape index (κ3) is 4.76. The fourth-order valence-electron chi connectivity index (χ4n) is 2.27. The Balaban J connectivity index is 2.66. The molecule has 1 aromatic rings. The van der Waals surface area contributed by atoms with E-state index in [1.807, 2.05) is 11.7 Å². The molecular weight excluding hydrogens is 274 g/mol. The van der Waals surface area contributed by atoms with Crippen molar-refractivity contribution in [2.24, 2.45) is 0 Å². The van der Waals surface area contributed by atoms with Crippen LogP contribution in [0, 0.1) is 0 Å². The van der Waals surface area contributed by atoms with Gasteiger partial charge in [-0.1, -0.05) is 25.4 Å². The lowest BCUT2D eigenvalue weighted by Crippen LogP contribution is -2.30.